The summed E-state index contributed by atoms with van der Waals surface area (Å²) in [4.78, 5) is 18.8. The summed E-state index contributed by atoms with van der Waals surface area (Å²) in [5.74, 6) is 0.563. The fourth-order valence-electron chi connectivity index (χ4n) is 3.21. The van der Waals surface area contributed by atoms with Crippen LogP contribution in [0, 0.1) is 0 Å². The fraction of sp³-hybridized carbons (Fsp3) is 0.500. The number of morpholine rings is 1. The maximum atomic E-state index is 12.2. The number of thioether (sulfide) groups is 1. The molecule has 0 aliphatic carbocycles. The third-order valence-electron chi connectivity index (χ3n) is 4.75. The molecule has 9 heteroatoms. The maximum Gasteiger partial charge on any atom is 0.233 e. The Balaban J connectivity index is 1.26. The molecule has 2 saturated heterocycles. The van der Waals surface area contributed by atoms with Crippen molar-refractivity contribution in [3.05, 3.63) is 30.3 Å². The van der Waals surface area contributed by atoms with E-state index in [1.54, 1.807) is 11.3 Å². The van der Waals surface area contributed by atoms with Crippen LogP contribution in [0.15, 0.2) is 34.7 Å². The highest BCUT2D eigenvalue weighted by Gasteiger charge is 2.21. The Hall–Kier alpha value is -1.84. The van der Waals surface area contributed by atoms with Crippen molar-refractivity contribution in [1.29, 1.82) is 0 Å². The zero-order valence-corrected chi connectivity index (χ0v) is 16.8. The molecule has 0 bridgehead atoms. The molecule has 7 nitrogen and oxygen atoms in total. The Kier molecular flexibility index (Phi) is 6.10. The molecule has 4 rings (SSSR count). The van der Waals surface area contributed by atoms with Gasteiger partial charge in [0.25, 0.3) is 0 Å². The van der Waals surface area contributed by atoms with Crippen LogP contribution in [0.25, 0.3) is 0 Å². The molecule has 0 spiro atoms. The second-order valence-electron chi connectivity index (χ2n) is 6.44. The van der Waals surface area contributed by atoms with E-state index in [-0.39, 0.29) is 5.91 Å². The molecule has 1 aromatic carbocycles. The van der Waals surface area contributed by atoms with Crippen LogP contribution in [0.5, 0.6) is 0 Å². The largest absolute Gasteiger partial charge is 0.378 e. The van der Waals surface area contributed by atoms with Gasteiger partial charge in [-0.1, -0.05) is 41.3 Å². The number of hydrogen-bond donors (Lipinski definition) is 0. The monoisotopic (exact) mass is 405 g/mol. The van der Waals surface area contributed by atoms with E-state index in [4.69, 9.17) is 4.74 Å². The Labute approximate surface area is 167 Å². The Bertz CT molecular complexity index is 743. The van der Waals surface area contributed by atoms with Gasteiger partial charge in [-0.05, 0) is 12.1 Å². The minimum absolute atomic E-state index is 0.150. The van der Waals surface area contributed by atoms with Gasteiger partial charge in [0.1, 0.15) is 0 Å². The molecule has 144 valence electrons. The predicted molar refractivity (Wildman–Crippen MR) is 109 cm³/mol. The number of nitrogens with zero attached hydrogens (tertiary/aromatic N) is 5. The topological polar surface area (TPSA) is 61.8 Å². The second-order valence-corrected chi connectivity index (χ2v) is 8.62. The third-order valence-corrected chi connectivity index (χ3v) is 6.85. The molecule has 0 atom stereocenters. The van der Waals surface area contributed by atoms with E-state index in [0.717, 1.165) is 35.7 Å². The first-order chi connectivity index (χ1) is 13.3. The van der Waals surface area contributed by atoms with E-state index in [1.807, 2.05) is 11.0 Å². The number of piperazine rings is 1. The van der Waals surface area contributed by atoms with Crippen LogP contribution in [0.1, 0.15) is 0 Å². The molecule has 2 aromatic rings. The highest BCUT2D eigenvalue weighted by molar-refractivity contribution is 8.01. The first-order valence-electron chi connectivity index (χ1n) is 9.16. The van der Waals surface area contributed by atoms with Crippen LogP contribution < -0.4 is 9.80 Å². The van der Waals surface area contributed by atoms with Crippen LogP contribution in [0.4, 0.5) is 10.8 Å². The van der Waals surface area contributed by atoms with Crippen molar-refractivity contribution in [2.24, 2.45) is 0 Å². The summed E-state index contributed by atoms with van der Waals surface area (Å²) >= 11 is 3.06. The third kappa shape index (κ3) is 4.72. The van der Waals surface area contributed by atoms with Crippen molar-refractivity contribution in [3.63, 3.8) is 0 Å². The number of benzene rings is 1. The van der Waals surface area contributed by atoms with Crippen molar-refractivity contribution in [3.8, 4) is 0 Å². The summed E-state index contributed by atoms with van der Waals surface area (Å²) < 4.78 is 6.15. The normalized spacial score (nSPS) is 18.0. The van der Waals surface area contributed by atoms with Crippen molar-refractivity contribution in [2.45, 2.75) is 4.34 Å². The van der Waals surface area contributed by atoms with Crippen molar-refractivity contribution in [2.75, 3.05) is 68.0 Å². The summed E-state index contributed by atoms with van der Waals surface area (Å²) in [5, 5.41) is 9.55. The quantitative estimate of drug-likeness (QED) is 0.703. The first-order valence-corrected chi connectivity index (χ1v) is 11.0. The zero-order valence-electron chi connectivity index (χ0n) is 15.1. The van der Waals surface area contributed by atoms with Crippen LogP contribution in [-0.2, 0) is 9.53 Å². The van der Waals surface area contributed by atoms with Gasteiger partial charge in [0, 0.05) is 45.0 Å². The molecule has 27 heavy (non-hydrogen) atoms. The number of anilines is 2. The molecule has 2 fully saturated rings. The van der Waals surface area contributed by atoms with Crippen molar-refractivity contribution in [1.82, 2.24) is 15.1 Å². The van der Waals surface area contributed by atoms with Gasteiger partial charge in [-0.15, -0.1) is 10.2 Å². The molecule has 0 radical (unpaired) electrons. The smallest absolute Gasteiger partial charge is 0.233 e. The van der Waals surface area contributed by atoms with Gasteiger partial charge >= 0.3 is 0 Å². The van der Waals surface area contributed by atoms with E-state index < -0.39 is 0 Å². The second kappa shape index (κ2) is 8.90. The first kappa shape index (κ1) is 18.5. The summed E-state index contributed by atoms with van der Waals surface area (Å²) in [7, 11) is 0. The van der Waals surface area contributed by atoms with E-state index in [9.17, 15) is 4.79 Å². The molecule has 1 aromatic heterocycles. The Morgan fingerprint density at radius 1 is 1.00 bits per heavy atom. The zero-order chi connectivity index (χ0) is 18.5. The number of carbonyl (C=O) groups is 1. The molecule has 1 amide bonds. The lowest BCUT2D eigenvalue weighted by molar-refractivity contribution is -0.132. The van der Waals surface area contributed by atoms with Gasteiger partial charge in [-0.25, -0.2) is 0 Å². The SMILES string of the molecule is O=C(CSc1nnc(N2CCN(c3ccccc3)CC2)s1)N1CCOCC1. The molecular weight excluding hydrogens is 382 g/mol. The number of hydrogen-bond acceptors (Lipinski definition) is 8. The van der Waals surface area contributed by atoms with Gasteiger partial charge in [-0.3, -0.25) is 4.79 Å². The van der Waals surface area contributed by atoms with Gasteiger partial charge in [0.2, 0.25) is 11.0 Å². The summed E-state index contributed by atoms with van der Waals surface area (Å²) in [6.07, 6.45) is 0. The van der Waals surface area contributed by atoms with E-state index in [1.165, 1.54) is 17.4 Å². The molecule has 2 aliphatic heterocycles. The number of ether oxygens (including phenoxy) is 1. The average Bonchev–Trinajstić information content (AvgIpc) is 3.22. The molecule has 0 unspecified atom stereocenters. The van der Waals surface area contributed by atoms with Crippen LogP contribution in [0.3, 0.4) is 0 Å². The molecular formula is C18H23N5O2S2. The highest BCUT2D eigenvalue weighted by atomic mass is 32.2. The van der Waals surface area contributed by atoms with Gasteiger partial charge in [0.15, 0.2) is 4.34 Å². The molecule has 0 N–H and O–H groups in total. The molecule has 0 saturated carbocycles. The maximum absolute atomic E-state index is 12.2. The van der Waals surface area contributed by atoms with Crippen molar-refractivity contribution < 1.29 is 9.53 Å². The summed E-state index contributed by atoms with van der Waals surface area (Å²) in [5.41, 5.74) is 1.27. The Morgan fingerprint density at radius 2 is 1.70 bits per heavy atom. The molecule has 2 aliphatic rings. The van der Waals surface area contributed by atoms with Gasteiger partial charge in [-0.2, -0.15) is 0 Å². The van der Waals surface area contributed by atoms with E-state index >= 15 is 0 Å². The van der Waals surface area contributed by atoms with Crippen molar-refractivity contribution >= 4 is 39.8 Å². The number of aromatic nitrogens is 2. The lowest BCUT2D eigenvalue weighted by Gasteiger charge is -2.35. The van der Waals surface area contributed by atoms with Crippen LogP contribution >= 0.6 is 23.1 Å². The lowest BCUT2D eigenvalue weighted by Crippen LogP contribution is -2.46. The average molecular weight is 406 g/mol. The lowest BCUT2D eigenvalue weighted by atomic mass is 10.2. The number of rotatable bonds is 5. The van der Waals surface area contributed by atoms with Gasteiger partial charge in [0.05, 0.1) is 19.0 Å². The van der Waals surface area contributed by atoms with Crippen LogP contribution in [-0.4, -0.2) is 79.2 Å². The number of amides is 1. The summed E-state index contributed by atoms with van der Waals surface area (Å²) in [6.45, 7) is 6.45. The summed E-state index contributed by atoms with van der Waals surface area (Å²) in [6, 6.07) is 10.5. The standard InChI is InChI=1S/C18H23N5O2S2/c24-16(22-10-12-25-13-11-22)14-26-18-20-19-17(27-18)23-8-6-21(7-9-23)15-4-2-1-3-5-15/h1-5H,6-14H2. The van der Waals surface area contributed by atoms with Crippen LogP contribution in [0.2, 0.25) is 0 Å². The highest BCUT2D eigenvalue weighted by Crippen LogP contribution is 2.29. The fourth-order valence-corrected chi connectivity index (χ4v) is 5.01. The number of para-hydroxylation sites is 1. The molecule has 3 heterocycles. The minimum Gasteiger partial charge on any atom is -0.378 e. The predicted octanol–water partition coefficient (Wildman–Crippen LogP) is 1.82. The van der Waals surface area contributed by atoms with E-state index in [2.05, 4.69) is 44.3 Å². The van der Waals surface area contributed by atoms with E-state index in [0.29, 0.717) is 32.1 Å². The van der Waals surface area contributed by atoms with Gasteiger partial charge < -0.3 is 19.4 Å². The minimum atomic E-state index is 0.150. The number of carbonyl (C=O) groups excluding carboxylic acids is 1. The Morgan fingerprint density at radius 3 is 2.44 bits per heavy atom.